The zero-order chi connectivity index (χ0) is 9.84. The van der Waals surface area contributed by atoms with Crippen LogP contribution in [-0.4, -0.2) is 4.92 Å². The molecule has 0 amide bonds. The fourth-order valence-corrected chi connectivity index (χ4v) is 0.868. The van der Waals surface area contributed by atoms with E-state index in [0.717, 1.165) is 6.07 Å². The molecule has 5 heteroatoms. The van der Waals surface area contributed by atoms with E-state index in [-0.39, 0.29) is 11.3 Å². The van der Waals surface area contributed by atoms with Gasteiger partial charge in [-0.3, -0.25) is 10.1 Å². The van der Waals surface area contributed by atoms with Gasteiger partial charge < -0.3 is 5.73 Å². The standard InChI is InChI=1S/C8H7FN2O2/c9-8-5-7(11(12)13)2-1-6(8)3-4-10/h1-5H,10H2/b4-3+. The van der Waals surface area contributed by atoms with E-state index in [4.69, 9.17) is 5.73 Å². The molecule has 0 heterocycles. The van der Waals surface area contributed by atoms with Crippen molar-refractivity contribution in [1.82, 2.24) is 0 Å². The molecule has 0 spiro atoms. The second-order valence-electron chi connectivity index (χ2n) is 2.32. The van der Waals surface area contributed by atoms with Gasteiger partial charge in [-0.15, -0.1) is 0 Å². The first-order chi connectivity index (χ1) is 6.15. The summed E-state index contributed by atoms with van der Waals surface area (Å²) in [4.78, 5) is 9.56. The van der Waals surface area contributed by atoms with Gasteiger partial charge in [0.2, 0.25) is 0 Å². The number of hydrogen-bond acceptors (Lipinski definition) is 3. The van der Waals surface area contributed by atoms with Crippen molar-refractivity contribution in [2.75, 3.05) is 0 Å². The van der Waals surface area contributed by atoms with Crippen molar-refractivity contribution in [1.29, 1.82) is 0 Å². The molecule has 0 fully saturated rings. The third-order valence-corrected chi connectivity index (χ3v) is 1.47. The lowest BCUT2D eigenvalue weighted by atomic mass is 10.2. The summed E-state index contributed by atoms with van der Waals surface area (Å²) >= 11 is 0. The van der Waals surface area contributed by atoms with Crippen molar-refractivity contribution in [2.45, 2.75) is 0 Å². The molecule has 0 aromatic heterocycles. The quantitative estimate of drug-likeness (QED) is 0.558. The van der Waals surface area contributed by atoms with Gasteiger partial charge in [0, 0.05) is 11.6 Å². The van der Waals surface area contributed by atoms with Crippen LogP contribution in [0.25, 0.3) is 6.08 Å². The Morgan fingerprint density at radius 3 is 2.69 bits per heavy atom. The van der Waals surface area contributed by atoms with E-state index in [1.165, 1.54) is 24.4 Å². The Kier molecular flexibility index (Phi) is 2.59. The molecule has 1 aromatic rings. The maximum absolute atomic E-state index is 13.0. The van der Waals surface area contributed by atoms with Crippen LogP contribution in [-0.2, 0) is 0 Å². The van der Waals surface area contributed by atoms with Crippen LogP contribution in [0.1, 0.15) is 5.56 Å². The molecule has 4 nitrogen and oxygen atoms in total. The second-order valence-corrected chi connectivity index (χ2v) is 2.32. The summed E-state index contributed by atoms with van der Waals surface area (Å²) in [5.74, 6) is -0.657. The molecule has 0 aliphatic carbocycles. The van der Waals surface area contributed by atoms with Crippen LogP contribution in [0, 0.1) is 15.9 Å². The predicted molar refractivity (Wildman–Crippen MR) is 46.3 cm³/mol. The van der Waals surface area contributed by atoms with Crippen molar-refractivity contribution in [3.05, 3.63) is 45.9 Å². The molecule has 0 atom stereocenters. The first-order valence-corrected chi connectivity index (χ1v) is 3.47. The van der Waals surface area contributed by atoms with E-state index >= 15 is 0 Å². The topological polar surface area (TPSA) is 69.2 Å². The lowest BCUT2D eigenvalue weighted by Crippen LogP contribution is -1.90. The summed E-state index contributed by atoms with van der Waals surface area (Å²) in [6.45, 7) is 0. The maximum atomic E-state index is 13.0. The van der Waals surface area contributed by atoms with Crippen molar-refractivity contribution < 1.29 is 9.31 Å². The van der Waals surface area contributed by atoms with Gasteiger partial charge in [-0.2, -0.15) is 0 Å². The Bertz CT molecular complexity index is 363. The van der Waals surface area contributed by atoms with E-state index < -0.39 is 10.7 Å². The normalized spacial score (nSPS) is 10.5. The molecular weight excluding hydrogens is 175 g/mol. The highest BCUT2D eigenvalue weighted by Gasteiger charge is 2.08. The number of hydrogen-bond donors (Lipinski definition) is 1. The highest BCUT2D eigenvalue weighted by molar-refractivity contribution is 5.52. The minimum Gasteiger partial charge on any atom is -0.405 e. The molecule has 2 N–H and O–H groups in total. The van der Waals surface area contributed by atoms with Gasteiger partial charge in [0.1, 0.15) is 5.82 Å². The molecule has 0 radical (unpaired) electrons. The van der Waals surface area contributed by atoms with E-state index in [2.05, 4.69) is 0 Å². The lowest BCUT2D eigenvalue weighted by molar-refractivity contribution is -0.385. The molecule has 0 bridgehead atoms. The minimum atomic E-state index is -0.657. The third-order valence-electron chi connectivity index (χ3n) is 1.47. The number of rotatable bonds is 2. The zero-order valence-corrected chi connectivity index (χ0v) is 6.61. The van der Waals surface area contributed by atoms with Crippen LogP contribution < -0.4 is 5.73 Å². The van der Waals surface area contributed by atoms with Gasteiger partial charge in [-0.25, -0.2) is 4.39 Å². The third kappa shape index (κ3) is 2.02. The number of halogens is 1. The lowest BCUT2D eigenvalue weighted by Gasteiger charge is -1.95. The summed E-state index contributed by atoms with van der Waals surface area (Å²) < 4.78 is 13.0. The predicted octanol–water partition coefficient (Wildman–Crippen LogP) is 1.66. The van der Waals surface area contributed by atoms with Gasteiger partial charge in [-0.1, -0.05) is 0 Å². The number of nitrogens with two attached hydrogens (primary N) is 1. The van der Waals surface area contributed by atoms with Crippen molar-refractivity contribution >= 4 is 11.8 Å². The Morgan fingerprint density at radius 2 is 2.23 bits per heavy atom. The monoisotopic (exact) mass is 182 g/mol. The fraction of sp³-hybridized carbons (Fsp3) is 0. The van der Waals surface area contributed by atoms with Crippen LogP contribution >= 0.6 is 0 Å². The van der Waals surface area contributed by atoms with Gasteiger partial charge in [0.05, 0.1) is 11.0 Å². The van der Waals surface area contributed by atoms with Crippen LogP contribution in [0.4, 0.5) is 10.1 Å². The van der Waals surface area contributed by atoms with Gasteiger partial charge in [0.25, 0.3) is 5.69 Å². The van der Waals surface area contributed by atoms with E-state index in [9.17, 15) is 14.5 Å². The molecule has 0 unspecified atom stereocenters. The van der Waals surface area contributed by atoms with E-state index in [1.807, 2.05) is 0 Å². The van der Waals surface area contributed by atoms with Crippen molar-refractivity contribution in [2.24, 2.45) is 5.73 Å². The summed E-state index contributed by atoms with van der Waals surface area (Å²) in [6, 6.07) is 3.38. The maximum Gasteiger partial charge on any atom is 0.272 e. The van der Waals surface area contributed by atoms with Crippen LogP contribution in [0.15, 0.2) is 24.4 Å². The van der Waals surface area contributed by atoms with Crippen LogP contribution in [0.3, 0.4) is 0 Å². The Balaban J connectivity index is 3.12. The Morgan fingerprint density at radius 1 is 1.54 bits per heavy atom. The number of benzene rings is 1. The molecule has 0 aliphatic heterocycles. The first-order valence-electron chi connectivity index (χ1n) is 3.47. The average Bonchev–Trinajstić information content (AvgIpc) is 2.08. The number of nitro groups is 1. The molecule has 0 saturated carbocycles. The smallest absolute Gasteiger partial charge is 0.272 e. The summed E-state index contributed by atoms with van der Waals surface area (Å²) in [7, 11) is 0. The highest BCUT2D eigenvalue weighted by Crippen LogP contribution is 2.16. The average molecular weight is 182 g/mol. The van der Waals surface area contributed by atoms with Crippen molar-refractivity contribution in [3.63, 3.8) is 0 Å². The fourth-order valence-electron chi connectivity index (χ4n) is 0.868. The molecule has 13 heavy (non-hydrogen) atoms. The van der Waals surface area contributed by atoms with Gasteiger partial charge >= 0.3 is 0 Å². The summed E-state index contributed by atoms with van der Waals surface area (Å²) in [6.07, 6.45) is 2.50. The number of nitro benzene ring substituents is 1. The zero-order valence-electron chi connectivity index (χ0n) is 6.61. The SMILES string of the molecule is N/C=C/c1ccc([N+](=O)[O-])cc1F. The van der Waals surface area contributed by atoms with E-state index in [1.54, 1.807) is 0 Å². The van der Waals surface area contributed by atoms with E-state index in [0.29, 0.717) is 0 Å². The Labute approximate surface area is 73.6 Å². The summed E-state index contributed by atoms with van der Waals surface area (Å²) in [5, 5.41) is 10.2. The minimum absolute atomic E-state index is 0.230. The van der Waals surface area contributed by atoms with Crippen molar-refractivity contribution in [3.8, 4) is 0 Å². The molecule has 68 valence electrons. The number of nitrogens with zero attached hydrogens (tertiary/aromatic N) is 1. The highest BCUT2D eigenvalue weighted by atomic mass is 19.1. The van der Waals surface area contributed by atoms with Crippen LogP contribution in [0.5, 0.6) is 0 Å². The molecular formula is C8H7FN2O2. The number of non-ortho nitro benzene ring substituents is 1. The Hall–Kier alpha value is -1.91. The van der Waals surface area contributed by atoms with Gasteiger partial charge in [0.15, 0.2) is 0 Å². The molecule has 1 aromatic carbocycles. The first kappa shape index (κ1) is 9.18. The van der Waals surface area contributed by atoms with Gasteiger partial charge in [-0.05, 0) is 18.3 Å². The summed E-state index contributed by atoms with van der Waals surface area (Å²) in [5.41, 5.74) is 5.00. The molecule has 0 aliphatic rings. The van der Waals surface area contributed by atoms with Crippen LogP contribution in [0.2, 0.25) is 0 Å². The molecule has 0 saturated heterocycles. The molecule has 1 rings (SSSR count). The largest absolute Gasteiger partial charge is 0.405 e. The second kappa shape index (κ2) is 3.66.